The smallest absolute Gasteiger partial charge is 0.426 e. The third kappa shape index (κ3) is 3.06. The Balaban J connectivity index is 1.32. The number of carbonyl (C=O) groups is 1. The van der Waals surface area contributed by atoms with E-state index in [-0.39, 0.29) is 42.9 Å². The first-order valence-corrected chi connectivity index (χ1v) is 9.71. The quantitative estimate of drug-likeness (QED) is 0.343. The van der Waals surface area contributed by atoms with E-state index in [9.17, 15) is 36.2 Å². The summed E-state index contributed by atoms with van der Waals surface area (Å²) in [7, 11) is 0. The molecule has 0 radical (unpaired) electrons. The maximum absolute atomic E-state index is 13.0. The van der Waals surface area contributed by atoms with Gasteiger partial charge in [0, 0.05) is 0 Å². The highest BCUT2D eigenvalue weighted by Crippen LogP contribution is 2.57. The molecule has 2 heterocycles. The third-order valence-electron chi connectivity index (χ3n) is 7.58. The van der Waals surface area contributed by atoms with E-state index in [1.807, 2.05) is 0 Å². The Hall–Kier alpha value is -1.07. The average Bonchev–Trinajstić information content (AvgIpc) is 3.36. The first kappa shape index (κ1) is 21.2. The first-order chi connectivity index (χ1) is 13.1. The van der Waals surface area contributed by atoms with Gasteiger partial charge in [0.25, 0.3) is 5.60 Å². The Morgan fingerprint density at radius 3 is 1.90 bits per heavy atom. The van der Waals surface area contributed by atoms with Crippen LogP contribution in [0.5, 0.6) is 0 Å². The van der Waals surface area contributed by atoms with E-state index >= 15 is 0 Å². The maximum atomic E-state index is 13.0. The zero-order valence-electron chi connectivity index (χ0n) is 16.0. The number of esters is 1. The van der Waals surface area contributed by atoms with Gasteiger partial charge in [-0.05, 0) is 63.2 Å². The van der Waals surface area contributed by atoms with Crippen molar-refractivity contribution in [2.24, 2.45) is 29.1 Å². The summed E-state index contributed by atoms with van der Waals surface area (Å²) in [4.78, 5) is 12.4. The number of ether oxygens (including phenoxy) is 1. The summed E-state index contributed by atoms with van der Waals surface area (Å²) in [6.45, 7) is 3.63. The molecule has 2 saturated carbocycles. The van der Waals surface area contributed by atoms with Crippen LogP contribution in [0.15, 0.2) is 0 Å². The van der Waals surface area contributed by atoms with Gasteiger partial charge in [0.15, 0.2) is 0 Å². The lowest BCUT2D eigenvalue weighted by atomic mass is 9.76. The van der Waals surface area contributed by atoms with E-state index in [0.717, 1.165) is 0 Å². The molecule has 2 aliphatic carbocycles. The van der Waals surface area contributed by atoms with Crippen LogP contribution in [-0.2, 0) is 9.53 Å². The number of fused-ring (bicyclic) bond motifs is 3. The Kier molecular flexibility index (Phi) is 4.38. The van der Waals surface area contributed by atoms with Crippen LogP contribution in [0.2, 0.25) is 0 Å². The molecule has 0 aromatic heterocycles. The van der Waals surface area contributed by atoms with E-state index in [2.05, 4.69) is 10.6 Å². The molecular weight excluding hydrogens is 406 g/mol. The molecule has 0 amide bonds. The van der Waals surface area contributed by atoms with Crippen LogP contribution in [0, 0.1) is 29.1 Å². The van der Waals surface area contributed by atoms with Crippen molar-refractivity contribution in [2.75, 3.05) is 6.61 Å². The summed E-state index contributed by atoms with van der Waals surface area (Å²) in [6.07, 6.45) is -11.7. The number of nitrogens with one attached hydrogen (secondary N) is 2. The van der Waals surface area contributed by atoms with Gasteiger partial charge in [-0.2, -0.15) is 26.3 Å². The Morgan fingerprint density at radius 2 is 1.48 bits per heavy atom. The van der Waals surface area contributed by atoms with Crippen molar-refractivity contribution in [1.82, 2.24) is 10.6 Å². The van der Waals surface area contributed by atoms with Gasteiger partial charge < -0.3 is 9.84 Å². The van der Waals surface area contributed by atoms with E-state index in [0.29, 0.717) is 12.8 Å². The number of hydrogen-bond acceptors (Lipinski definition) is 5. The minimum atomic E-state index is -5.78. The SMILES string of the molecule is CC(C)(C(=O)OCC1CC2CC1CC2CC(O)(C(F)(F)F)C(F)(F)F)C12NC1N2. The van der Waals surface area contributed by atoms with Gasteiger partial charge in [-0.25, -0.2) is 0 Å². The van der Waals surface area contributed by atoms with Gasteiger partial charge in [-0.3, -0.25) is 15.4 Å². The normalized spacial score (nSPS) is 38.7. The topological polar surface area (TPSA) is 90.4 Å². The molecule has 0 aromatic rings. The van der Waals surface area contributed by atoms with Crippen molar-refractivity contribution < 1.29 is 41.0 Å². The fourth-order valence-electron chi connectivity index (χ4n) is 5.36. The van der Waals surface area contributed by atoms with Crippen LogP contribution < -0.4 is 10.6 Å². The van der Waals surface area contributed by atoms with E-state index in [1.165, 1.54) is 0 Å². The summed E-state index contributed by atoms with van der Waals surface area (Å²) >= 11 is 0. The molecule has 5 nitrogen and oxygen atoms in total. The van der Waals surface area contributed by atoms with Crippen LogP contribution in [0.25, 0.3) is 0 Å². The molecule has 4 aliphatic rings. The molecule has 2 aliphatic heterocycles. The summed E-state index contributed by atoms with van der Waals surface area (Å²) in [6, 6.07) is 0. The highest BCUT2D eigenvalue weighted by Gasteiger charge is 2.79. The molecule has 166 valence electrons. The monoisotopic (exact) mass is 430 g/mol. The number of hydrogen-bond donors (Lipinski definition) is 3. The standard InChI is InChI=1S/C18H24F6N2O3/c1-14(2,16-12(25-16)26-16)13(27)29-7-11-5-8-3-9(11)4-10(8)6-15(28,17(19,20)21)18(22,23)24/h8-12,25-26,28H,3-7H2,1-2H3. The average molecular weight is 430 g/mol. The molecule has 11 heteroatoms. The largest absolute Gasteiger partial charge is 0.465 e. The van der Waals surface area contributed by atoms with Crippen molar-refractivity contribution in [3.63, 3.8) is 0 Å². The fraction of sp³-hybridized carbons (Fsp3) is 0.944. The van der Waals surface area contributed by atoms with E-state index < -0.39 is 41.4 Å². The second-order valence-electron chi connectivity index (χ2n) is 9.56. The zero-order valence-corrected chi connectivity index (χ0v) is 16.0. The van der Waals surface area contributed by atoms with Gasteiger partial charge >= 0.3 is 18.3 Å². The second kappa shape index (κ2) is 6.00. The van der Waals surface area contributed by atoms with Crippen LogP contribution in [0.3, 0.4) is 0 Å². The van der Waals surface area contributed by atoms with E-state index in [1.54, 1.807) is 13.8 Å². The highest BCUT2D eigenvalue weighted by atomic mass is 19.4. The molecule has 2 saturated heterocycles. The van der Waals surface area contributed by atoms with Crippen molar-refractivity contribution in [1.29, 1.82) is 0 Å². The molecule has 4 rings (SSSR count). The number of rotatable bonds is 6. The molecule has 4 unspecified atom stereocenters. The van der Waals surface area contributed by atoms with Gasteiger partial charge in [-0.15, -0.1) is 0 Å². The van der Waals surface area contributed by atoms with Crippen LogP contribution in [0.1, 0.15) is 39.5 Å². The lowest BCUT2D eigenvalue weighted by Gasteiger charge is -2.37. The molecule has 2 bridgehead atoms. The lowest BCUT2D eigenvalue weighted by Crippen LogP contribution is -2.58. The van der Waals surface area contributed by atoms with E-state index in [4.69, 9.17) is 4.74 Å². The molecule has 0 spiro atoms. The summed E-state index contributed by atoms with van der Waals surface area (Å²) in [5, 5.41) is 15.7. The number of carbonyl (C=O) groups excluding carboxylic acids is 1. The predicted molar refractivity (Wildman–Crippen MR) is 87.0 cm³/mol. The van der Waals surface area contributed by atoms with Gasteiger partial charge in [0.1, 0.15) is 5.66 Å². The molecule has 4 fully saturated rings. The van der Waals surface area contributed by atoms with Gasteiger partial charge in [-0.1, -0.05) is 0 Å². The fourth-order valence-corrected chi connectivity index (χ4v) is 5.36. The number of halogens is 6. The number of aliphatic hydroxyl groups is 1. The van der Waals surface area contributed by atoms with Crippen molar-refractivity contribution in [3.05, 3.63) is 0 Å². The molecule has 29 heavy (non-hydrogen) atoms. The Morgan fingerprint density at radius 1 is 1.00 bits per heavy atom. The maximum Gasteiger partial charge on any atom is 0.426 e. The molecular formula is C18H24F6N2O3. The lowest BCUT2D eigenvalue weighted by molar-refractivity contribution is -0.373. The van der Waals surface area contributed by atoms with Crippen LogP contribution in [-0.4, -0.2) is 47.5 Å². The Labute approximate surface area is 163 Å². The van der Waals surface area contributed by atoms with Crippen molar-refractivity contribution in [2.45, 2.75) is 69.3 Å². The third-order valence-corrected chi connectivity index (χ3v) is 7.58. The van der Waals surface area contributed by atoms with Crippen molar-refractivity contribution in [3.8, 4) is 0 Å². The van der Waals surface area contributed by atoms with Crippen LogP contribution in [0.4, 0.5) is 26.3 Å². The molecule has 4 atom stereocenters. The van der Waals surface area contributed by atoms with Crippen molar-refractivity contribution >= 4 is 5.97 Å². The summed E-state index contributed by atoms with van der Waals surface area (Å²) in [5.41, 5.74) is -5.87. The molecule has 0 aromatic carbocycles. The molecule has 3 N–H and O–H groups in total. The Bertz CT molecular complexity index is 687. The minimum Gasteiger partial charge on any atom is -0.465 e. The highest BCUT2D eigenvalue weighted by molar-refractivity contribution is 5.80. The van der Waals surface area contributed by atoms with Gasteiger partial charge in [0.05, 0.1) is 18.2 Å². The predicted octanol–water partition coefficient (Wildman–Crippen LogP) is 2.69. The summed E-state index contributed by atoms with van der Waals surface area (Å²) < 4.78 is 83.2. The summed E-state index contributed by atoms with van der Waals surface area (Å²) in [5.74, 6) is -1.77. The van der Waals surface area contributed by atoms with Crippen LogP contribution >= 0.6 is 0 Å². The minimum absolute atomic E-state index is 0.0755. The second-order valence-corrected chi connectivity index (χ2v) is 9.56. The first-order valence-electron chi connectivity index (χ1n) is 9.71. The zero-order chi connectivity index (χ0) is 21.6. The number of alkyl halides is 6. The van der Waals surface area contributed by atoms with Gasteiger partial charge in [0.2, 0.25) is 0 Å².